The van der Waals surface area contributed by atoms with Crippen LogP contribution in [-0.2, 0) is 50.6 Å². The number of carbonyl (C=O) groups excluding carboxylic acids is 1. The SMILES string of the molecule is NC(=O)Nc1cc(Nc2nc(Cl)nc(Nc3cc(Nc4nc(Cl)nc(Nc5cccc(S(=O)(=O)O)c5)n4)ccc3S(=O)(=O)O)n2)ccc1N=Nc1cc2c(S(=O)(=O)O)cc(S(=O)(=O)O)cc2cc1S(=O)(=O)O.[Na].[Na].[Na].[Na].[Na]. The first kappa shape index (κ1) is 70.7. The predicted octanol–water partition coefficient (Wildman–Crippen LogP) is 3.73. The molecule has 0 aliphatic carbocycles. The number of hydrogen-bond donors (Lipinski definition) is 11. The molecule has 12 N–H and O–H groups in total. The number of hydrogen-bond acceptors (Lipinski definition) is 23. The smallest absolute Gasteiger partial charge is 0.316 e. The van der Waals surface area contributed by atoms with Crippen molar-refractivity contribution in [2.75, 3.05) is 26.6 Å². The molecular weight excluding hydrogens is 1220 g/mol. The minimum atomic E-state index is -5.27. The third-order valence-corrected chi connectivity index (χ3v) is 13.7. The molecule has 5 radical (unpaired) electrons. The zero-order chi connectivity index (χ0) is 52.7. The van der Waals surface area contributed by atoms with Crippen molar-refractivity contribution in [2.45, 2.75) is 24.5 Å². The van der Waals surface area contributed by atoms with Gasteiger partial charge in [-0.15, -0.1) is 10.2 Å². The Hall–Kier alpha value is -2.42. The number of primary amides is 1. The maximum atomic E-state index is 12.4. The van der Waals surface area contributed by atoms with E-state index in [9.17, 15) is 69.6 Å². The van der Waals surface area contributed by atoms with Crippen LogP contribution in [0.5, 0.6) is 0 Å². The molecule has 0 saturated carbocycles. The van der Waals surface area contributed by atoms with E-state index < -0.39 is 109 Å². The monoisotopic (exact) mass is 1240 g/mol. The Kier molecular flexibility index (Phi) is 25.7. The summed E-state index contributed by atoms with van der Waals surface area (Å²) >= 11 is 12.3. The van der Waals surface area contributed by atoms with Gasteiger partial charge in [0.05, 0.1) is 21.2 Å². The van der Waals surface area contributed by atoms with Crippen LogP contribution in [0, 0.1) is 0 Å². The molecule has 0 unspecified atom stereocenters. The molecule has 0 aliphatic heterocycles. The molecule has 0 atom stereocenters. The van der Waals surface area contributed by atoms with Crippen LogP contribution in [0.3, 0.4) is 0 Å². The maximum Gasteiger partial charge on any atom is 0.316 e. The fourth-order valence-corrected chi connectivity index (χ4v) is 9.57. The largest absolute Gasteiger partial charge is 0.351 e. The zero-order valence-corrected chi connectivity index (χ0v) is 55.4. The molecular formula is C35H26Cl2N14Na5O16S5. The number of nitrogens with zero attached hydrogens (tertiary/aromatic N) is 8. The minimum Gasteiger partial charge on any atom is -0.351 e. The van der Waals surface area contributed by atoms with Crippen LogP contribution in [0.2, 0.25) is 10.6 Å². The molecule has 7 aromatic rings. The summed E-state index contributed by atoms with van der Waals surface area (Å²) in [7, 11) is -25.2. The van der Waals surface area contributed by atoms with Gasteiger partial charge in [0.1, 0.15) is 26.1 Å². The van der Waals surface area contributed by atoms with Gasteiger partial charge in [-0.25, -0.2) is 4.79 Å². The van der Waals surface area contributed by atoms with E-state index in [1.165, 1.54) is 24.3 Å². The van der Waals surface area contributed by atoms with Crippen molar-refractivity contribution in [3.05, 3.63) is 95.5 Å². The Morgan fingerprint density at radius 3 is 1.39 bits per heavy atom. The standard InChI is InChI=1S/C35H26Cl2N14O16S5.5Na/c36-29-44-32(39-16-2-1-3-19(10-16)68(53,54)55)48-33(45-29)41-18-5-7-26(70(59,60)61)24(12-18)43-35-47-30(37)46-34(49-35)40-17-4-6-22(23(11-17)42-31(38)52)50-51-25-14-21-15(9-28(25)72(65,66)67)8-20(69(56,57)58)13-27(21)71(62,63)64;;;;;/h1-14H,(H3,38,42,52)(H,53,54,55)(H,56,57,58)(H,59,60,61)(H,62,63,64)(H,65,66,67)(H2,39,41,44,45,48)(H2,40,43,46,47,49);;;;;. The van der Waals surface area contributed by atoms with Gasteiger partial charge in [-0.2, -0.15) is 72.0 Å². The van der Waals surface area contributed by atoms with Crippen LogP contribution in [0.25, 0.3) is 10.8 Å². The molecule has 0 saturated heterocycles. The number of benzene rings is 5. The summed E-state index contributed by atoms with van der Waals surface area (Å²) in [6.07, 6.45) is 0. The molecule has 7 rings (SSSR count). The van der Waals surface area contributed by atoms with E-state index in [0.29, 0.717) is 24.3 Å². The Bertz CT molecular complexity index is 4060. The third kappa shape index (κ3) is 19.1. The van der Waals surface area contributed by atoms with Gasteiger partial charge in [0.2, 0.25) is 34.4 Å². The van der Waals surface area contributed by atoms with Gasteiger partial charge in [-0.05, 0) is 107 Å². The first-order chi connectivity index (χ1) is 33.4. The molecule has 0 spiro atoms. The second-order valence-electron chi connectivity index (χ2n) is 14.0. The quantitative estimate of drug-likeness (QED) is 0.0373. The van der Waals surface area contributed by atoms with E-state index in [4.69, 9.17) is 28.9 Å². The van der Waals surface area contributed by atoms with Crippen LogP contribution in [-0.4, -0.2) is 249 Å². The number of nitrogens with one attached hydrogen (secondary N) is 5. The fraction of sp³-hybridized carbons (Fsp3) is 0. The van der Waals surface area contributed by atoms with Gasteiger partial charge in [-0.1, -0.05) is 6.07 Å². The molecule has 2 aromatic heterocycles. The predicted molar refractivity (Wildman–Crippen MR) is 281 cm³/mol. The van der Waals surface area contributed by atoms with Crippen LogP contribution in [0.15, 0.2) is 120 Å². The summed E-state index contributed by atoms with van der Waals surface area (Å²) in [5, 5.41) is 18.8. The molecule has 30 nitrogen and oxygen atoms in total. The molecule has 381 valence electrons. The van der Waals surface area contributed by atoms with Gasteiger partial charge >= 0.3 is 6.03 Å². The fourth-order valence-electron chi connectivity index (χ4n) is 6.10. The van der Waals surface area contributed by atoms with E-state index in [0.717, 1.165) is 36.4 Å². The number of halogens is 2. The average Bonchev–Trinajstić information content (AvgIpc) is 3.23. The van der Waals surface area contributed by atoms with Crippen molar-refractivity contribution in [1.29, 1.82) is 0 Å². The Balaban J connectivity index is 0.00000406. The molecule has 5 aromatic carbocycles. The van der Waals surface area contributed by atoms with E-state index >= 15 is 0 Å². The molecule has 77 heavy (non-hydrogen) atoms. The summed E-state index contributed by atoms with van der Waals surface area (Å²) in [5.41, 5.74) is 3.89. The van der Waals surface area contributed by atoms with Crippen molar-refractivity contribution < 1.29 is 69.6 Å². The number of nitrogens with two attached hydrogens (primary N) is 1. The second kappa shape index (κ2) is 28.0. The summed E-state index contributed by atoms with van der Waals surface area (Å²) in [5.74, 6) is -1.21. The summed E-state index contributed by atoms with van der Waals surface area (Å²) in [6, 6.07) is 13.0. The maximum absolute atomic E-state index is 12.4. The van der Waals surface area contributed by atoms with E-state index in [2.05, 4.69) is 66.7 Å². The van der Waals surface area contributed by atoms with Gasteiger partial charge in [0.15, 0.2) is 0 Å². The van der Waals surface area contributed by atoms with E-state index in [-0.39, 0.29) is 205 Å². The number of fused-ring (bicyclic) bond motifs is 1. The molecule has 0 bridgehead atoms. The normalized spacial score (nSPS) is 11.6. The molecule has 0 fully saturated rings. The van der Waals surface area contributed by atoms with Gasteiger partial charge in [-0.3, -0.25) is 22.8 Å². The van der Waals surface area contributed by atoms with Crippen LogP contribution in [0.4, 0.5) is 68.4 Å². The minimum absolute atomic E-state index is 0. The first-order valence-electron chi connectivity index (χ1n) is 18.7. The summed E-state index contributed by atoms with van der Waals surface area (Å²) in [4.78, 5) is 31.7. The summed E-state index contributed by atoms with van der Waals surface area (Å²) in [6.45, 7) is 0. The van der Waals surface area contributed by atoms with Gasteiger partial charge in [0, 0.05) is 170 Å². The van der Waals surface area contributed by atoms with Crippen molar-refractivity contribution in [1.82, 2.24) is 29.9 Å². The van der Waals surface area contributed by atoms with Crippen molar-refractivity contribution in [2.24, 2.45) is 16.0 Å². The van der Waals surface area contributed by atoms with Crippen LogP contribution < -0.4 is 32.3 Å². The molecule has 2 amide bonds. The van der Waals surface area contributed by atoms with Crippen LogP contribution >= 0.6 is 23.2 Å². The van der Waals surface area contributed by atoms with E-state index in [1.54, 1.807) is 0 Å². The average molecular weight is 1240 g/mol. The number of aromatic nitrogens is 6. The zero-order valence-electron chi connectivity index (χ0n) is 39.8. The Morgan fingerprint density at radius 2 is 0.909 bits per heavy atom. The number of amides is 2. The van der Waals surface area contributed by atoms with Gasteiger partial charge < -0.3 is 32.3 Å². The molecule has 0 aliphatic rings. The van der Waals surface area contributed by atoms with E-state index in [1.807, 2.05) is 0 Å². The number of azo groups is 1. The van der Waals surface area contributed by atoms with Crippen molar-refractivity contribution >= 4 is 302 Å². The molecule has 2 heterocycles. The second-order valence-corrected chi connectivity index (χ2v) is 21.7. The van der Waals surface area contributed by atoms with Crippen LogP contribution in [0.1, 0.15) is 0 Å². The summed E-state index contributed by atoms with van der Waals surface area (Å²) < 4.78 is 170. The number of rotatable bonds is 16. The number of urea groups is 1. The topological polar surface area (TPSA) is 477 Å². The Labute approximate surface area is 556 Å². The van der Waals surface area contributed by atoms with Crippen molar-refractivity contribution in [3.8, 4) is 0 Å². The Morgan fingerprint density at radius 1 is 0.455 bits per heavy atom. The number of anilines is 9. The van der Waals surface area contributed by atoms with Crippen molar-refractivity contribution in [3.63, 3.8) is 0 Å². The third-order valence-electron chi connectivity index (χ3n) is 8.96. The van der Waals surface area contributed by atoms with Gasteiger partial charge in [0.25, 0.3) is 50.6 Å². The first-order valence-corrected chi connectivity index (χ1v) is 26.6. The number of carbonyl (C=O) groups is 1. The molecule has 42 heteroatoms.